The van der Waals surface area contributed by atoms with Crippen molar-refractivity contribution in [2.45, 2.75) is 130 Å². The Morgan fingerprint density at radius 2 is 1.47 bits per heavy atom. The number of hydrogen-bond donors (Lipinski definition) is 6. The second kappa shape index (κ2) is 14.9. The molecule has 55 heavy (non-hydrogen) atoms. The van der Waals surface area contributed by atoms with Crippen molar-refractivity contribution in [3.8, 4) is 23.0 Å². The number of ether oxygens (including phenoxy) is 2. The van der Waals surface area contributed by atoms with Gasteiger partial charge in [-0.2, -0.15) is 0 Å². The summed E-state index contributed by atoms with van der Waals surface area (Å²) in [6.45, 7) is 20.5. The van der Waals surface area contributed by atoms with Gasteiger partial charge in [0.2, 0.25) is 0 Å². The maximum absolute atomic E-state index is 12.2. The van der Waals surface area contributed by atoms with Crippen LogP contribution in [0.15, 0.2) is 49.2 Å². The van der Waals surface area contributed by atoms with Gasteiger partial charge in [0, 0.05) is 56.5 Å². The van der Waals surface area contributed by atoms with Gasteiger partial charge >= 0.3 is 29.6 Å². The van der Waals surface area contributed by atoms with Gasteiger partial charge < -0.3 is 57.7 Å². The first-order chi connectivity index (χ1) is 25.5. The van der Waals surface area contributed by atoms with Crippen LogP contribution in [0.1, 0.15) is 81.0 Å². The fourth-order valence-corrected chi connectivity index (χ4v) is 12.6. The smallest absolute Gasteiger partial charge is 0.512 e. The van der Waals surface area contributed by atoms with Crippen molar-refractivity contribution in [2.24, 2.45) is 5.73 Å². The second-order valence-electron chi connectivity index (χ2n) is 16.7. The Kier molecular flexibility index (Phi) is 11.3. The second-order valence-corrected chi connectivity index (χ2v) is 16.7. The van der Waals surface area contributed by atoms with Crippen molar-refractivity contribution in [2.75, 3.05) is 26.2 Å². The Labute approximate surface area is 349 Å². The number of benzene rings is 2. The van der Waals surface area contributed by atoms with E-state index in [1.807, 2.05) is 25.1 Å². The molecule has 6 unspecified atom stereocenters. The SMILES string of the molecule is C=C(C)N1CC[C@]23c4c5ccc(O)c4O[C@@H]2C(N)CCC3(O)C1C5.C=CCN1CC[C@]23c4c5ccc(O)c4O[C@@H]2C(NCCC)CCC3(O)C1C5.[B].[C-]#N.[Na+]. The molecule has 0 amide bonds. The average Bonchev–Trinajstić information content (AvgIpc) is 3.69. The van der Waals surface area contributed by atoms with Crippen LogP contribution in [-0.2, 0) is 23.7 Å². The van der Waals surface area contributed by atoms with E-state index in [4.69, 9.17) is 27.0 Å². The summed E-state index contributed by atoms with van der Waals surface area (Å²) >= 11 is 0. The quantitative estimate of drug-likeness (QED) is 0.136. The summed E-state index contributed by atoms with van der Waals surface area (Å²) in [5.41, 5.74) is 9.26. The number of nitrogens with one attached hydrogen (secondary N) is 1. The summed E-state index contributed by atoms with van der Waals surface area (Å²) in [6, 6.07) is 7.63. The number of nitrogens with zero attached hydrogens (tertiary/aromatic N) is 3. The van der Waals surface area contributed by atoms with Crippen LogP contribution in [0.4, 0.5) is 0 Å². The molecule has 287 valence electrons. The first-order valence-electron chi connectivity index (χ1n) is 19.4. The number of hydrogen-bond acceptors (Lipinski definition) is 11. The normalized spacial score (nSPS) is 37.3. The van der Waals surface area contributed by atoms with Crippen LogP contribution >= 0.6 is 0 Å². The minimum atomic E-state index is -0.892. The van der Waals surface area contributed by atoms with Crippen LogP contribution in [0.2, 0.25) is 0 Å². The third-order valence-electron chi connectivity index (χ3n) is 14.6. The number of piperidine rings is 2. The first-order valence-corrected chi connectivity index (χ1v) is 19.4. The molecule has 2 aromatic carbocycles. The molecule has 7 N–H and O–H groups in total. The summed E-state index contributed by atoms with van der Waals surface area (Å²) in [6.07, 6.45) is 8.84. The minimum absolute atomic E-state index is 0. The van der Waals surface area contributed by atoms with E-state index in [1.54, 1.807) is 12.1 Å². The van der Waals surface area contributed by atoms with E-state index in [2.05, 4.69) is 35.2 Å². The predicted molar refractivity (Wildman–Crippen MR) is 205 cm³/mol. The third-order valence-corrected chi connectivity index (χ3v) is 14.6. The fraction of sp³-hybridized carbons (Fsp3) is 0.595. The van der Waals surface area contributed by atoms with Crippen LogP contribution in [0.3, 0.4) is 0 Å². The van der Waals surface area contributed by atoms with Crippen LogP contribution in [-0.4, -0.2) is 112 Å². The van der Waals surface area contributed by atoms with Crippen LogP contribution in [0.5, 0.6) is 23.0 Å². The molecule has 4 aliphatic heterocycles. The van der Waals surface area contributed by atoms with Gasteiger partial charge in [0.25, 0.3) is 0 Å². The largest absolute Gasteiger partial charge is 1.00 e. The van der Waals surface area contributed by atoms with Crippen molar-refractivity contribution in [3.63, 3.8) is 0 Å². The molecule has 4 fully saturated rings. The molecule has 4 aliphatic carbocycles. The van der Waals surface area contributed by atoms with Crippen LogP contribution < -0.4 is 50.1 Å². The first kappa shape index (κ1) is 41.9. The molecule has 10 atom stereocenters. The number of aliphatic hydroxyl groups is 2. The van der Waals surface area contributed by atoms with E-state index >= 15 is 0 Å². The minimum Gasteiger partial charge on any atom is -0.512 e. The molecule has 11 nitrogen and oxygen atoms in total. The molecule has 2 saturated carbocycles. The summed E-state index contributed by atoms with van der Waals surface area (Å²) in [7, 11) is 0. The van der Waals surface area contributed by atoms with E-state index in [0.717, 1.165) is 94.4 Å². The Morgan fingerprint density at radius 1 is 0.927 bits per heavy atom. The molecule has 2 saturated heterocycles. The standard InChI is InChI=1S/C22H30N2O3.C19H24N2O3.CN.B.Na/c1-3-10-23-15-7-8-22(26)17-13-14-5-6-16(25)19-18(14)21(22,20(15)27-19)9-12-24(17)11-4-2;1-10(2)21-8-7-18-15-11-3-4-13(22)16(15)24-17(18)12(20)5-6-19(18,23)14(21)9-11;1-2;;/h4-6,15,17,20,23,25-26H,2-3,7-13H2,1H3;3-4,12,14,17,22-23H,1,5-9,20H2,2H3;;;/q;;-1;;+1/t15?,17?,20-,21+,22?;12?,14?,17-,18+,19?;;;/m11.../s1. The Bertz CT molecular complexity index is 1870. The number of phenolic OH excluding ortho intramolecular Hbond substituents is 2. The summed E-state index contributed by atoms with van der Waals surface area (Å²) in [5.74, 6) is 1.54. The van der Waals surface area contributed by atoms with Crippen LogP contribution in [0.25, 0.3) is 0 Å². The van der Waals surface area contributed by atoms with E-state index in [1.165, 1.54) is 11.1 Å². The molecule has 13 heteroatoms. The van der Waals surface area contributed by atoms with E-state index in [-0.39, 0.29) is 85.8 Å². The van der Waals surface area contributed by atoms with Gasteiger partial charge in [-0.1, -0.05) is 31.7 Å². The van der Waals surface area contributed by atoms with Crippen molar-refractivity contribution in [3.05, 3.63) is 78.0 Å². The molecule has 4 heterocycles. The Morgan fingerprint density at radius 3 is 2.07 bits per heavy atom. The topological polar surface area (TPSA) is 168 Å². The van der Waals surface area contributed by atoms with Gasteiger partial charge in [-0.15, -0.1) is 6.58 Å². The fourth-order valence-electron chi connectivity index (χ4n) is 12.6. The zero-order valence-corrected chi connectivity index (χ0v) is 34.6. The summed E-state index contributed by atoms with van der Waals surface area (Å²) < 4.78 is 12.7. The van der Waals surface area contributed by atoms with E-state index in [0.29, 0.717) is 17.9 Å². The third kappa shape index (κ3) is 5.37. The summed E-state index contributed by atoms with van der Waals surface area (Å²) in [4.78, 5) is 4.65. The Balaban J connectivity index is 0.000000174. The summed E-state index contributed by atoms with van der Waals surface area (Å²) in [5, 5.41) is 54.9. The molecule has 0 aromatic heterocycles. The van der Waals surface area contributed by atoms with Gasteiger partial charge in [-0.3, -0.25) is 4.90 Å². The van der Waals surface area contributed by atoms with Crippen molar-refractivity contribution < 1.29 is 59.5 Å². The maximum atomic E-state index is 12.2. The molecule has 8 aliphatic rings. The molecular weight excluding hydrogens is 704 g/mol. The van der Waals surface area contributed by atoms with Gasteiger partial charge in [0.15, 0.2) is 23.0 Å². The number of aromatic hydroxyl groups is 2. The number of nitrogens with two attached hydrogens (primary N) is 1. The van der Waals surface area contributed by atoms with Crippen molar-refractivity contribution in [1.82, 2.24) is 15.1 Å². The van der Waals surface area contributed by atoms with Crippen LogP contribution in [0, 0.1) is 11.8 Å². The van der Waals surface area contributed by atoms with Gasteiger partial charge in [0.1, 0.15) is 12.2 Å². The predicted octanol–water partition coefficient (Wildman–Crippen LogP) is 0.227. The number of rotatable bonds is 6. The van der Waals surface area contributed by atoms with Crippen molar-refractivity contribution >= 4 is 8.41 Å². The van der Waals surface area contributed by atoms with Gasteiger partial charge in [-0.25, -0.2) is 0 Å². The molecule has 2 aromatic rings. The molecule has 10 rings (SSSR count). The van der Waals surface area contributed by atoms with E-state index in [9.17, 15) is 20.4 Å². The zero-order chi connectivity index (χ0) is 37.7. The van der Waals surface area contributed by atoms with E-state index < -0.39 is 22.0 Å². The molecular formula is C42H54BN5NaO6. The number of phenols is 2. The maximum Gasteiger partial charge on any atom is 1.00 e. The molecule has 3 radical (unpaired) electrons. The van der Waals surface area contributed by atoms with Gasteiger partial charge in [-0.05, 0) is 101 Å². The molecule has 4 bridgehead atoms. The number of allylic oxidation sites excluding steroid dienone is 1. The zero-order valence-electron chi connectivity index (χ0n) is 32.6. The monoisotopic (exact) mass is 758 g/mol. The molecule has 2 spiro atoms. The van der Waals surface area contributed by atoms with Gasteiger partial charge in [0.05, 0.1) is 28.1 Å². The van der Waals surface area contributed by atoms with Crippen molar-refractivity contribution in [1.29, 1.82) is 5.26 Å². The average molecular weight is 759 g/mol. The Hall–Kier alpha value is -2.73. The number of likely N-dealkylation sites (tertiary alicyclic amines) is 2.